The molecule has 0 fully saturated rings. The summed E-state index contributed by atoms with van der Waals surface area (Å²) in [5, 5.41) is 8.66. The molecule has 96 valence electrons. The van der Waals surface area contributed by atoms with Crippen molar-refractivity contribution >= 4 is 0 Å². The number of ether oxygens (including phenoxy) is 2. The van der Waals surface area contributed by atoms with Gasteiger partial charge in [-0.15, -0.1) is 0 Å². The lowest BCUT2D eigenvalue weighted by molar-refractivity contribution is 0.355. The first-order valence-electron chi connectivity index (χ1n) is 5.41. The van der Waals surface area contributed by atoms with Crippen molar-refractivity contribution in [3.8, 4) is 28.8 Å². The topological polar surface area (TPSA) is 88.0 Å². The van der Waals surface area contributed by atoms with Gasteiger partial charge in [-0.2, -0.15) is 5.26 Å². The second-order valence-electron chi connectivity index (χ2n) is 3.66. The molecular weight excluding hydrogens is 246 g/mol. The molecule has 2 rings (SSSR count). The van der Waals surface area contributed by atoms with Crippen molar-refractivity contribution < 1.29 is 9.47 Å². The van der Waals surface area contributed by atoms with Gasteiger partial charge in [0.2, 0.25) is 5.69 Å². The van der Waals surface area contributed by atoms with E-state index in [2.05, 4.69) is 9.97 Å². The molecule has 0 atom stereocenters. The maximum atomic E-state index is 11.5. The summed E-state index contributed by atoms with van der Waals surface area (Å²) in [5.41, 5.74) is 0.538. The molecule has 0 radical (unpaired) electrons. The Kier molecular flexibility index (Phi) is 3.48. The number of nitrogens with one attached hydrogen (secondary N) is 1. The van der Waals surface area contributed by atoms with Crippen molar-refractivity contribution in [3.05, 3.63) is 40.4 Å². The van der Waals surface area contributed by atoms with E-state index in [9.17, 15) is 4.79 Å². The Hall–Kier alpha value is -2.81. The minimum Gasteiger partial charge on any atom is -0.493 e. The van der Waals surface area contributed by atoms with E-state index in [4.69, 9.17) is 14.7 Å². The summed E-state index contributed by atoms with van der Waals surface area (Å²) in [5.74, 6) is 1.14. The van der Waals surface area contributed by atoms with Crippen LogP contribution >= 0.6 is 0 Å². The minimum atomic E-state index is -0.519. The fourth-order valence-corrected chi connectivity index (χ4v) is 1.63. The van der Waals surface area contributed by atoms with Crippen LogP contribution in [0.3, 0.4) is 0 Å². The van der Waals surface area contributed by atoms with Crippen LogP contribution < -0.4 is 15.0 Å². The number of nitriles is 1. The van der Waals surface area contributed by atoms with E-state index in [0.29, 0.717) is 22.8 Å². The molecule has 0 unspecified atom stereocenters. The van der Waals surface area contributed by atoms with Gasteiger partial charge in [-0.3, -0.25) is 4.79 Å². The summed E-state index contributed by atoms with van der Waals surface area (Å²) in [7, 11) is 3.07. The zero-order chi connectivity index (χ0) is 13.8. The van der Waals surface area contributed by atoms with Crippen LogP contribution in [0.4, 0.5) is 0 Å². The van der Waals surface area contributed by atoms with Gasteiger partial charge >= 0.3 is 0 Å². The third kappa shape index (κ3) is 2.40. The minimum absolute atomic E-state index is 0.163. The van der Waals surface area contributed by atoms with Gasteiger partial charge in [0.25, 0.3) is 5.56 Å². The highest BCUT2D eigenvalue weighted by Crippen LogP contribution is 2.30. The summed E-state index contributed by atoms with van der Waals surface area (Å²) >= 11 is 0. The van der Waals surface area contributed by atoms with Crippen LogP contribution in [0, 0.1) is 11.3 Å². The molecule has 0 amide bonds. The molecule has 6 heteroatoms. The Bertz CT molecular complexity index is 701. The van der Waals surface area contributed by atoms with E-state index in [-0.39, 0.29) is 5.69 Å². The average molecular weight is 257 g/mol. The summed E-state index contributed by atoms with van der Waals surface area (Å²) in [6.45, 7) is 0. The van der Waals surface area contributed by atoms with Crippen molar-refractivity contribution in [1.29, 1.82) is 5.26 Å². The molecule has 0 aliphatic rings. The number of hydrogen-bond acceptors (Lipinski definition) is 5. The smallest absolute Gasteiger partial charge is 0.285 e. The SMILES string of the molecule is COc1ccc(-c2cnc(C#N)c(=O)[nH]2)cc1OC. The van der Waals surface area contributed by atoms with E-state index in [0.717, 1.165) is 0 Å². The van der Waals surface area contributed by atoms with Gasteiger partial charge in [0.15, 0.2) is 11.5 Å². The number of aromatic nitrogens is 2. The Morgan fingerprint density at radius 3 is 2.58 bits per heavy atom. The third-order valence-corrected chi connectivity index (χ3v) is 2.59. The average Bonchev–Trinajstić information content (AvgIpc) is 2.46. The molecule has 0 aliphatic heterocycles. The zero-order valence-corrected chi connectivity index (χ0v) is 10.4. The van der Waals surface area contributed by atoms with Crippen molar-refractivity contribution in [2.75, 3.05) is 14.2 Å². The fourth-order valence-electron chi connectivity index (χ4n) is 1.63. The number of H-pyrrole nitrogens is 1. The van der Waals surface area contributed by atoms with Crippen LogP contribution in [0.5, 0.6) is 11.5 Å². The first kappa shape index (κ1) is 12.6. The van der Waals surface area contributed by atoms with Crippen LogP contribution in [-0.2, 0) is 0 Å². The first-order chi connectivity index (χ1) is 9.19. The molecule has 0 aliphatic carbocycles. The van der Waals surface area contributed by atoms with E-state index >= 15 is 0 Å². The second-order valence-corrected chi connectivity index (χ2v) is 3.66. The van der Waals surface area contributed by atoms with Gasteiger partial charge in [-0.25, -0.2) is 4.98 Å². The lowest BCUT2D eigenvalue weighted by atomic mass is 10.1. The molecule has 0 saturated carbocycles. The molecule has 1 N–H and O–H groups in total. The third-order valence-electron chi connectivity index (χ3n) is 2.59. The zero-order valence-electron chi connectivity index (χ0n) is 10.4. The van der Waals surface area contributed by atoms with Crippen LogP contribution in [0.15, 0.2) is 29.2 Å². The highest BCUT2D eigenvalue weighted by Gasteiger charge is 2.08. The Morgan fingerprint density at radius 1 is 1.26 bits per heavy atom. The number of benzene rings is 1. The lowest BCUT2D eigenvalue weighted by Crippen LogP contribution is -2.12. The summed E-state index contributed by atoms with van der Waals surface area (Å²) < 4.78 is 10.3. The van der Waals surface area contributed by atoms with Crippen molar-refractivity contribution in [3.63, 3.8) is 0 Å². The summed E-state index contributed by atoms with van der Waals surface area (Å²) in [6.07, 6.45) is 1.43. The van der Waals surface area contributed by atoms with Crippen molar-refractivity contribution in [2.24, 2.45) is 0 Å². The lowest BCUT2D eigenvalue weighted by Gasteiger charge is -2.09. The molecule has 19 heavy (non-hydrogen) atoms. The van der Waals surface area contributed by atoms with Gasteiger partial charge in [-0.05, 0) is 18.2 Å². The van der Waals surface area contributed by atoms with Crippen LogP contribution in [0.2, 0.25) is 0 Å². The molecular formula is C13H11N3O3. The Labute approximate surface area is 109 Å². The van der Waals surface area contributed by atoms with Gasteiger partial charge in [0.1, 0.15) is 6.07 Å². The predicted molar refractivity (Wildman–Crippen MR) is 68.1 cm³/mol. The highest BCUT2D eigenvalue weighted by atomic mass is 16.5. The van der Waals surface area contributed by atoms with Crippen LogP contribution in [0.1, 0.15) is 5.69 Å². The van der Waals surface area contributed by atoms with Crippen molar-refractivity contribution in [1.82, 2.24) is 9.97 Å². The summed E-state index contributed by atoms with van der Waals surface area (Å²) in [4.78, 5) is 17.9. The number of hydrogen-bond donors (Lipinski definition) is 1. The highest BCUT2D eigenvalue weighted by molar-refractivity contribution is 5.63. The Morgan fingerprint density at radius 2 is 2.00 bits per heavy atom. The van der Waals surface area contributed by atoms with Gasteiger partial charge in [0, 0.05) is 5.56 Å². The Balaban J connectivity index is 2.51. The van der Waals surface area contributed by atoms with Gasteiger partial charge in [0.05, 0.1) is 26.1 Å². The molecule has 1 aromatic carbocycles. The van der Waals surface area contributed by atoms with Gasteiger partial charge in [-0.1, -0.05) is 0 Å². The molecule has 2 aromatic rings. The molecule has 1 aromatic heterocycles. The van der Waals surface area contributed by atoms with Crippen LogP contribution in [0.25, 0.3) is 11.3 Å². The number of nitrogens with zero attached hydrogens (tertiary/aromatic N) is 2. The van der Waals surface area contributed by atoms with Gasteiger partial charge < -0.3 is 14.5 Å². The fraction of sp³-hybridized carbons (Fsp3) is 0.154. The van der Waals surface area contributed by atoms with E-state index < -0.39 is 5.56 Å². The monoisotopic (exact) mass is 257 g/mol. The van der Waals surface area contributed by atoms with Crippen molar-refractivity contribution in [2.45, 2.75) is 0 Å². The number of aromatic amines is 1. The van der Waals surface area contributed by atoms with E-state index in [1.54, 1.807) is 31.4 Å². The normalized spacial score (nSPS) is 9.74. The van der Waals surface area contributed by atoms with Crippen LogP contribution in [-0.4, -0.2) is 24.2 Å². The standard InChI is InChI=1S/C13H11N3O3/c1-18-11-4-3-8(5-12(11)19-2)10-7-15-9(6-14)13(17)16-10/h3-5,7H,1-2H3,(H,16,17). The maximum absolute atomic E-state index is 11.5. The largest absolute Gasteiger partial charge is 0.493 e. The number of methoxy groups -OCH3 is 2. The predicted octanol–water partition coefficient (Wildman–Crippen LogP) is 1.33. The molecule has 1 heterocycles. The number of rotatable bonds is 3. The molecule has 6 nitrogen and oxygen atoms in total. The molecule has 0 bridgehead atoms. The van der Waals surface area contributed by atoms with E-state index in [1.807, 2.05) is 0 Å². The second kappa shape index (κ2) is 5.23. The molecule has 0 spiro atoms. The quantitative estimate of drug-likeness (QED) is 0.896. The molecule has 0 saturated heterocycles. The van der Waals surface area contributed by atoms with E-state index in [1.165, 1.54) is 13.3 Å². The first-order valence-corrected chi connectivity index (χ1v) is 5.41. The maximum Gasteiger partial charge on any atom is 0.285 e. The summed E-state index contributed by atoms with van der Waals surface area (Å²) in [6, 6.07) is 6.93.